The molecule has 2 aromatic rings. The lowest BCUT2D eigenvalue weighted by molar-refractivity contribution is -0.275. The monoisotopic (exact) mass is 460 g/mol. The van der Waals surface area contributed by atoms with E-state index in [9.17, 15) is 21.6 Å². The molecule has 2 heterocycles. The smallest absolute Gasteiger partial charge is 0.405 e. The topological polar surface area (TPSA) is 108 Å². The fourth-order valence-corrected chi connectivity index (χ4v) is 4.28. The molecule has 31 heavy (non-hydrogen) atoms. The number of aryl methyl sites for hydroxylation is 1. The fraction of sp³-hybridized carbons (Fsp3) is 0.474. The van der Waals surface area contributed by atoms with Gasteiger partial charge in [-0.3, -0.25) is 0 Å². The second kappa shape index (κ2) is 8.87. The van der Waals surface area contributed by atoms with Gasteiger partial charge in [0.05, 0.1) is 18.4 Å². The van der Waals surface area contributed by atoms with Crippen molar-refractivity contribution in [2.24, 2.45) is 0 Å². The maximum atomic E-state index is 13.1. The Kier molecular flexibility index (Phi) is 6.60. The van der Waals surface area contributed by atoms with Gasteiger partial charge in [-0.05, 0) is 25.0 Å². The van der Waals surface area contributed by atoms with Crippen LogP contribution in [0.5, 0.6) is 5.75 Å². The van der Waals surface area contributed by atoms with Crippen molar-refractivity contribution in [3.8, 4) is 5.75 Å². The minimum Gasteiger partial charge on any atom is -0.405 e. The Morgan fingerprint density at radius 2 is 2.03 bits per heavy atom. The standard InChI is InChI=1S/C19H23F3N4O4S/c1-12-8-17(25-18(23)24-12)26-6-3-7-29-10-15(26)14-5-4-13(11-31(2,27)28)9-16(14)30-19(20,21)22/h4-5,8-9,15H,3,6-7,10-11H2,1-2H3,(H2,23,24,25)/t15-/m1/s1. The highest BCUT2D eigenvalue weighted by Gasteiger charge is 2.35. The second-order valence-corrected chi connectivity index (χ2v) is 9.49. The van der Waals surface area contributed by atoms with Crippen molar-refractivity contribution in [3.63, 3.8) is 0 Å². The number of halogens is 3. The average Bonchev–Trinajstić information content (AvgIpc) is 2.84. The molecule has 1 fully saturated rings. The number of sulfone groups is 1. The minimum atomic E-state index is -4.95. The highest BCUT2D eigenvalue weighted by Crippen LogP contribution is 2.37. The molecule has 1 saturated heterocycles. The number of nitrogens with two attached hydrogens (primary N) is 1. The van der Waals surface area contributed by atoms with Gasteiger partial charge in [0, 0.05) is 36.7 Å². The maximum Gasteiger partial charge on any atom is 0.573 e. The van der Waals surface area contributed by atoms with Gasteiger partial charge < -0.3 is 20.1 Å². The maximum absolute atomic E-state index is 13.1. The predicted octanol–water partition coefficient (Wildman–Crippen LogP) is 2.78. The number of anilines is 2. The predicted molar refractivity (Wildman–Crippen MR) is 108 cm³/mol. The second-order valence-electron chi connectivity index (χ2n) is 7.35. The molecule has 1 atom stereocenters. The Morgan fingerprint density at radius 3 is 2.68 bits per heavy atom. The first-order valence-corrected chi connectivity index (χ1v) is 11.5. The molecule has 0 amide bonds. The molecule has 3 rings (SSSR count). The van der Waals surface area contributed by atoms with Gasteiger partial charge in [0.1, 0.15) is 11.6 Å². The van der Waals surface area contributed by atoms with Gasteiger partial charge in [-0.15, -0.1) is 13.2 Å². The van der Waals surface area contributed by atoms with Gasteiger partial charge in [0.25, 0.3) is 0 Å². The van der Waals surface area contributed by atoms with Gasteiger partial charge in [-0.2, -0.15) is 4.98 Å². The summed E-state index contributed by atoms with van der Waals surface area (Å²) in [5, 5.41) is 0. The lowest BCUT2D eigenvalue weighted by Crippen LogP contribution is -2.32. The zero-order valence-corrected chi connectivity index (χ0v) is 17.8. The summed E-state index contributed by atoms with van der Waals surface area (Å²) in [4.78, 5) is 10.1. The van der Waals surface area contributed by atoms with Crippen molar-refractivity contribution in [1.29, 1.82) is 0 Å². The van der Waals surface area contributed by atoms with E-state index in [0.717, 1.165) is 12.3 Å². The van der Waals surface area contributed by atoms with Gasteiger partial charge in [0.15, 0.2) is 9.84 Å². The first-order chi connectivity index (χ1) is 14.4. The number of rotatable bonds is 5. The summed E-state index contributed by atoms with van der Waals surface area (Å²) in [6.07, 6.45) is -3.32. The Morgan fingerprint density at radius 1 is 1.29 bits per heavy atom. The molecular weight excluding hydrogens is 437 g/mol. The van der Waals surface area contributed by atoms with Crippen LogP contribution in [-0.4, -0.2) is 50.8 Å². The van der Waals surface area contributed by atoms with Crippen molar-refractivity contribution >= 4 is 21.6 Å². The number of alkyl halides is 3. The van der Waals surface area contributed by atoms with Gasteiger partial charge in [-0.1, -0.05) is 12.1 Å². The molecule has 1 aliphatic heterocycles. The summed E-state index contributed by atoms with van der Waals surface area (Å²) >= 11 is 0. The van der Waals surface area contributed by atoms with Crippen LogP contribution >= 0.6 is 0 Å². The van der Waals surface area contributed by atoms with Crippen LogP contribution in [0.3, 0.4) is 0 Å². The molecule has 1 aliphatic rings. The quantitative estimate of drug-likeness (QED) is 0.726. The molecule has 2 N–H and O–H groups in total. The first-order valence-electron chi connectivity index (χ1n) is 9.43. The Hall–Kier alpha value is -2.60. The third-order valence-corrected chi connectivity index (χ3v) is 5.44. The zero-order valence-electron chi connectivity index (χ0n) is 17.0. The lowest BCUT2D eigenvalue weighted by Gasteiger charge is -2.32. The highest BCUT2D eigenvalue weighted by molar-refractivity contribution is 7.89. The summed E-state index contributed by atoms with van der Waals surface area (Å²) in [6, 6.07) is 5.04. The number of hydrogen-bond acceptors (Lipinski definition) is 8. The summed E-state index contributed by atoms with van der Waals surface area (Å²) < 4.78 is 72.6. The fourth-order valence-electron chi connectivity index (χ4n) is 3.49. The SMILES string of the molecule is Cc1cc(N2CCCOC[C@@H]2c2ccc(CS(C)(=O)=O)cc2OC(F)(F)F)nc(N)n1. The molecule has 1 aromatic carbocycles. The molecule has 0 saturated carbocycles. The third kappa shape index (κ3) is 6.44. The molecule has 1 aromatic heterocycles. The first kappa shape index (κ1) is 23.1. The molecule has 8 nitrogen and oxygen atoms in total. The zero-order chi connectivity index (χ0) is 22.8. The van der Waals surface area contributed by atoms with E-state index in [4.69, 9.17) is 10.5 Å². The van der Waals surface area contributed by atoms with E-state index in [1.165, 1.54) is 12.1 Å². The number of nitrogen functional groups attached to an aromatic ring is 1. The van der Waals surface area contributed by atoms with Crippen LogP contribution in [0.25, 0.3) is 0 Å². The van der Waals surface area contributed by atoms with Crippen LogP contribution in [-0.2, 0) is 20.3 Å². The Balaban J connectivity index is 2.09. The van der Waals surface area contributed by atoms with Crippen molar-refractivity contribution in [2.75, 3.05) is 36.6 Å². The molecule has 0 bridgehead atoms. The molecular formula is C19H23F3N4O4S. The number of nitrogens with zero attached hydrogens (tertiary/aromatic N) is 3. The van der Waals surface area contributed by atoms with Crippen LogP contribution in [0.2, 0.25) is 0 Å². The summed E-state index contributed by atoms with van der Waals surface area (Å²) in [5.41, 5.74) is 6.77. The average molecular weight is 460 g/mol. The lowest BCUT2D eigenvalue weighted by atomic mass is 10.0. The largest absolute Gasteiger partial charge is 0.573 e. The van der Waals surface area contributed by atoms with E-state index in [1.54, 1.807) is 17.9 Å². The van der Waals surface area contributed by atoms with E-state index in [2.05, 4.69) is 14.7 Å². The van der Waals surface area contributed by atoms with Gasteiger partial charge >= 0.3 is 6.36 Å². The summed E-state index contributed by atoms with van der Waals surface area (Å²) in [7, 11) is -3.45. The number of ether oxygens (including phenoxy) is 2. The van der Waals surface area contributed by atoms with Crippen LogP contribution < -0.4 is 15.4 Å². The van der Waals surface area contributed by atoms with E-state index in [-0.39, 0.29) is 23.7 Å². The van der Waals surface area contributed by atoms with Crippen LogP contribution in [0.1, 0.15) is 29.3 Å². The van der Waals surface area contributed by atoms with Crippen molar-refractivity contribution < 1.29 is 31.1 Å². The van der Waals surface area contributed by atoms with Crippen molar-refractivity contribution in [3.05, 3.63) is 41.1 Å². The number of benzene rings is 1. The summed E-state index contributed by atoms with van der Waals surface area (Å²) in [6.45, 7) is 2.71. The van der Waals surface area contributed by atoms with Crippen LogP contribution in [0.15, 0.2) is 24.3 Å². The molecule has 170 valence electrons. The van der Waals surface area contributed by atoms with Crippen LogP contribution in [0.4, 0.5) is 24.9 Å². The van der Waals surface area contributed by atoms with E-state index in [0.29, 0.717) is 31.1 Å². The Bertz CT molecular complexity index is 1030. The van der Waals surface area contributed by atoms with Crippen molar-refractivity contribution in [1.82, 2.24) is 9.97 Å². The van der Waals surface area contributed by atoms with E-state index in [1.807, 2.05) is 0 Å². The van der Waals surface area contributed by atoms with E-state index >= 15 is 0 Å². The summed E-state index contributed by atoms with van der Waals surface area (Å²) in [5.74, 6) is -0.380. The van der Waals surface area contributed by atoms with E-state index < -0.39 is 33.7 Å². The Labute approximate surface area is 178 Å². The molecule has 0 radical (unpaired) electrons. The minimum absolute atomic E-state index is 0.0502. The number of hydrogen-bond donors (Lipinski definition) is 1. The molecule has 0 aliphatic carbocycles. The molecule has 12 heteroatoms. The van der Waals surface area contributed by atoms with Crippen LogP contribution in [0, 0.1) is 6.92 Å². The van der Waals surface area contributed by atoms with Crippen molar-refractivity contribution in [2.45, 2.75) is 31.5 Å². The molecule has 0 spiro atoms. The highest BCUT2D eigenvalue weighted by atomic mass is 32.2. The van der Waals surface area contributed by atoms with Gasteiger partial charge in [-0.25, -0.2) is 13.4 Å². The normalized spacial score (nSPS) is 18.0. The van der Waals surface area contributed by atoms with Gasteiger partial charge in [0.2, 0.25) is 5.95 Å². The molecule has 0 unspecified atom stereocenters. The third-order valence-electron chi connectivity index (χ3n) is 4.58. The number of aromatic nitrogens is 2.